The Morgan fingerprint density at radius 1 is 1.25 bits per heavy atom. The van der Waals surface area contributed by atoms with Gasteiger partial charge in [-0.25, -0.2) is 19.2 Å². The van der Waals surface area contributed by atoms with Gasteiger partial charge in [0.1, 0.15) is 12.4 Å². The van der Waals surface area contributed by atoms with Crippen molar-refractivity contribution in [2.24, 2.45) is 0 Å². The van der Waals surface area contributed by atoms with E-state index in [4.69, 9.17) is 16.3 Å². The van der Waals surface area contributed by atoms with Crippen LogP contribution < -0.4 is 5.32 Å². The number of nitrogens with zero attached hydrogens (tertiary/aromatic N) is 6. The number of nitrogens with one attached hydrogen (secondary N) is 1. The first-order chi connectivity index (χ1) is 13.7. The number of hydrogen-bond donors (Lipinski definition) is 1. The second kappa shape index (κ2) is 7.16. The molecule has 1 aromatic carbocycles. The van der Waals surface area contributed by atoms with Crippen LogP contribution >= 0.6 is 22.9 Å². The lowest BCUT2D eigenvalue weighted by atomic mass is 10.1. The van der Waals surface area contributed by atoms with Gasteiger partial charge in [0.2, 0.25) is 10.1 Å². The summed E-state index contributed by atoms with van der Waals surface area (Å²) in [4.78, 5) is 10.1. The highest BCUT2D eigenvalue weighted by atomic mass is 35.5. The molecule has 0 amide bonds. The number of rotatable bonds is 5. The van der Waals surface area contributed by atoms with Crippen LogP contribution in [0.25, 0.3) is 16.2 Å². The number of aryl methyl sites for hydroxylation is 1. The molecule has 1 atom stereocenters. The average Bonchev–Trinajstić information content (AvgIpc) is 3.35. The highest BCUT2D eigenvalue weighted by Crippen LogP contribution is 2.27. The summed E-state index contributed by atoms with van der Waals surface area (Å²) < 4.78 is 8.90. The summed E-state index contributed by atoms with van der Waals surface area (Å²) >= 11 is 7.50. The van der Waals surface area contributed by atoms with Crippen molar-refractivity contribution < 1.29 is 4.74 Å². The summed E-state index contributed by atoms with van der Waals surface area (Å²) in [6.45, 7) is 1.21. The van der Waals surface area contributed by atoms with Gasteiger partial charge in [-0.1, -0.05) is 35.1 Å². The normalized spacial score (nSPS) is 16.4. The van der Waals surface area contributed by atoms with Crippen LogP contribution in [-0.4, -0.2) is 42.5 Å². The van der Waals surface area contributed by atoms with Crippen molar-refractivity contribution >= 4 is 33.0 Å². The highest BCUT2D eigenvalue weighted by Gasteiger charge is 2.22. The quantitative estimate of drug-likeness (QED) is 0.538. The fraction of sp³-hybridized carbons (Fsp3) is 0.333. The van der Waals surface area contributed by atoms with Crippen LogP contribution in [0.3, 0.4) is 0 Å². The first kappa shape index (κ1) is 17.6. The van der Waals surface area contributed by atoms with E-state index in [1.165, 1.54) is 0 Å². The molecule has 0 radical (unpaired) electrons. The number of benzene rings is 1. The molecule has 4 heterocycles. The Morgan fingerprint density at radius 3 is 2.89 bits per heavy atom. The molecule has 0 aliphatic carbocycles. The largest absolute Gasteiger partial charge is 0.377 e. The van der Waals surface area contributed by atoms with Crippen LogP contribution in [0, 0.1) is 0 Å². The van der Waals surface area contributed by atoms with E-state index in [1.807, 2.05) is 39.7 Å². The van der Waals surface area contributed by atoms with E-state index in [1.54, 1.807) is 18.4 Å². The van der Waals surface area contributed by atoms with E-state index >= 15 is 0 Å². The fourth-order valence-corrected chi connectivity index (χ4v) is 4.35. The van der Waals surface area contributed by atoms with Gasteiger partial charge in [-0.2, -0.15) is 5.10 Å². The van der Waals surface area contributed by atoms with Gasteiger partial charge in [0, 0.05) is 30.2 Å². The van der Waals surface area contributed by atoms with E-state index in [0.717, 1.165) is 52.4 Å². The van der Waals surface area contributed by atoms with E-state index < -0.39 is 0 Å². The summed E-state index contributed by atoms with van der Waals surface area (Å²) in [5, 5.41) is 14.2. The molecule has 0 saturated carbocycles. The van der Waals surface area contributed by atoms with Gasteiger partial charge in [0.25, 0.3) is 0 Å². The van der Waals surface area contributed by atoms with E-state index in [2.05, 4.69) is 25.5 Å². The first-order valence-corrected chi connectivity index (χ1v) is 10.2. The molecule has 1 aliphatic heterocycles. The molecule has 144 valence electrons. The maximum absolute atomic E-state index is 5.96. The van der Waals surface area contributed by atoms with Gasteiger partial charge in [-0.3, -0.25) is 0 Å². The minimum absolute atomic E-state index is 0.260. The molecule has 28 heavy (non-hydrogen) atoms. The van der Waals surface area contributed by atoms with Crippen molar-refractivity contribution in [1.82, 2.24) is 29.4 Å². The zero-order chi connectivity index (χ0) is 19.1. The number of fused-ring (bicyclic) bond motifs is 2. The molecule has 1 aliphatic rings. The molecular weight excluding hydrogens is 398 g/mol. The molecule has 4 aromatic rings. The summed E-state index contributed by atoms with van der Waals surface area (Å²) in [6.07, 6.45) is 3.81. The number of ether oxygens (including phenoxy) is 1. The Labute approximate surface area is 170 Å². The lowest BCUT2D eigenvalue weighted by Crippen LogP contribution is -2.32. The molecule has 0 saturated heterocycles. The Morgan fingerprint density at radius 2 is 2.11 bits per heavy atom. The van der Waals surface area contributed by atoms with Gasteiger partial charge in [0.15, 0.2) is 5.82 Å². The van der Waals surface area contributed by atoms with E-state index in [-0.39, 0.29) is 6.04 Å². The van der Waals surface area contributed by atoms with Crippen molar-refractivity contribution in [1.29, 1.82) is 0 Å². The second-order valence-electron chi connectivity index (χ2n) is 6.71. The van der Waals surface area contributed by atoms with Crippen LogP contribution in [0.4, 0.5) is 5.13 Å². The predicted molar refractivity (Wildman–Crippen MR) is 108 cm³/mol. The van der Waals surface area contributed by atoms with Crippen molar-refractivity contribution in [3.05, 3.63) is 47.1 Å². The van der Waals surface area contributed by atoms with E-state index in [0.29, 0.717) is 11.6 Å². The summed E-state index contributed by atoms with van der Waals surface area (Å²) in [5.41, 5.74) is 1.91. The van der Waals surface area contributed by atoms with Crippen LogP contribution in [0.1, 0.15) is 18.1 Å². The van der Waals surface area contributed by atoms with Gasteiger partial charge in [0.05, 0.1) is 18.4 Å². The maximum atomic E-state index is 5.96. The number of methoxy groups -OCH3 is 1. The monoisotopic (exact) mass is 415 g/mol. The van der Waals surface area contributed by atoms with Crippen LogP contribution in [0.15, 0.2) is 30.5 Å². The number of imidazole rings is 1. The topological polar surface area (TPSA) is 82.2 Å². The van der Waals surface area contributed by atoms with Crippen molar-refractivity contribution in [3.8, 4) is 11.3 Å². The molecule has 1 N–H and O–H groups in total. The zero-order valence-corrected chi connectivity index (χ0v) is 16.7. The van der Waals surface area contributed by atoms with Gasteiger partial charge in [-0.15, -0.1) is 5.10 Å². The summed E-state index contributed by atoms with van der Waals surface area (Å²) in [6, 6.07) is 7.91. The maximum Gasteiger partial charge on any atom is 0.214 e. The number of aromatic nitrogens is 6. The summed E-state index contributed by atoms with van der Waals surface area (Å²) in [7, 11) is 1.65. The Balaban J connectivity index is 1.30. The predicted octanol–water partition coefficient (Wildman–Crippen LogP) is 3.28. The number of halogens is 1. The van der Waals surface area contributed by atoms with Crippen LogP contribution in [0.2, 0.25) is 5.02 Å². The van der Waals surface area contributed by atoms with Crippen molar-refractivity contribution in [3.63, 3.8) is 0 Å². The minimum Gasteiger partial charge on any atom is -0.377 e. The molecule has 0 bridgehead atoms. The molecule has 10 heteroatoms. The Bertz CT molecular complexity index is 1090. The minimum atomic E-state index is 0.260. The van der Waals surface area contributed by atoms with E-state index in [9.17, 15) is 0 Å². The fourth-order valence-electron chi connectivity index (χ4n) is 3.36. The lowest BCUT2D eigenvalue weighted by Gasteiger charge is -2.22. The highest BCUT2D eigenvalue weighted by molar-refractivity contribution is 7.20. The molecular formula is C18H18ClN7OS. The smallest absolute Gasteiger partial charge is 0.214 e. The molecule has 0 fully saturated rings. The lowest BCUT2D eigenvalue weighted by molar-refractivity contribution is 0.177. The third-order valence-corrected chi connectivity index (χ3v) is 5.79. The standard InChI is InChI=1S/C18H18ClN7OS/c1-27-10-15-22-16-7-6-13(8-25(16)23-15)20-17-24-26-9-14(21-18(26)28-17)11-2-4-12(19)5-3-11/h2-5,9,13H,6-8,10H2,1H3,(H,20,24). The average molecular weight is 416 g/mol. The van der Waals surface area contributed by atoms with Gasteiger partial charge < -0.3 is 10.1 Å². The first-order valence-electron chi connectivity index (χ1n) is 8.98. The number of anilines is 1. The van der Waals surface area contributed by atoms with Gasteiger partial charge in [-0.05, 0) is 18.6 Å². The zero-order valence-electron chi connectivity index (χ0n) is 15.2. The Kier molecular flexibility index (Phi) is 4.50. The van der Waals surface area contributed by atoms with Crippen molar-refractivity contribution in [2.75, 3.05) is 12.4 Å². The molecule has 8 nitrogen and oxygen atoms in total. The molecule has 5 rings (SSSR count). The van der Waals surface area contributed by atoms with Crippen LogP contribution in [-0.2, 0) is 24.3 Å². The summed E-state index contributed by atoms with van der Waals surface area (Å²) in [5.74, 6) is 1.76. The second-order valence-corrected chi connectivity index (χ2v) is 8.10. The van der Waals surface area contributed by atoms with Gasteiger partial charge >= 0.3 is 0 Å². The molecule has 3 aromatic heterocycles. The number of hydrogen-bond acceptors (Lipinski definition) is 7. The molecule has 1 unspecified atom stereocenters. The Hall–Kier alpha value is -2.49. The molecule has 0 spiro atoms. The van der Waals surface area contributed by atoms with Crippen LogP contribution in [0.5, 0.6) is 0 Å². The SMILES string of the molecule is COCc1nc2n(n1)CC(Nc1nn3cc(-c4ccc(Cl)cc4)nc3s1)CC2. The third kappa shape index (κ3) is 3.36. The third-order valence-electron chi connectivity index (χ3n) is 4.69. The van der Waals surface area contributed by atoms with Crippen molar-refractivity contribution in [2.45, 2.75) is 32.0 Å².